The molecule has 1 saturated heterocycles. The number of aromatic nitrogens is 1. The largest absolute Gasteiger partial charge is 0.350 e. The Bertz CT molecular complexity index is 723. The van der Waals surface area contributed by atoms with Crippen molar-refractivity contribution in [3.05, 3.63) is 52.6 Å². The van der Waals surface area contributed by atoms with Crippen LogP contribution in [0.3, 0.4) is 0 Å². The molecule has 1 aromatic carbocycles. The van der Waals surface area contributed by atoms with E-state index in [9.17, 15) is 4.79 Å². The van der Waals surface area contributed by atoms with E-state index in [0.717, 1.165) is 33.9 Å². The highest BCUT2D eigenvalue weighted by atomic mass is 79.9. The second kappa shape index (κ2) is 8.83. The first-order valence-corrected chi connectivity index (χ1v) is 10.2. The fraction of sp³-hybridized carbons (Fsp3) is 0.368. The molecule has 132 valence electrons. The molecule has 1 fully saturated rings. The van der Waals surface area contributed by atoms with Crippen LogP contribution in [0, 0.1) is 0 Å². The lowest BCUT2D eigenvalue weighted by atomic mass is 10.2. The molecule has 1 aliphatic heterocycles. The van der Waals surface area contributed by atoms with E-state index in [-0.39, 0.29) is 5.91 Å². The minimum atomic E-state index is -0.0457. The lowest BCUT2D eigenvalue weighted by molar-refractivity contribution is 0.0937. The highest BCUT2D eigenvalue weighted by Crippen LogP contribution is 2.29. The average molecular weight is 420 g/mol. The Hall–Kier alpha value is -1.37. The summed E-state index contributed by atoms with van der Waals surface area (Å²) in [6, 6.07) is 12.1. The van der Waals surface area contributed by atoms with Gasteiger partial charge in [-0.15, -0.1) is 0 Å². The maximum atomic E-state index is 12.7. The number of hydrogen-bond acceptors (Lipinski definition) is 4. The number of likely N-dealkylation sites (tertiary alicyclic amines) is 1. The van der Waals surface area contributed by atoms with Crippen molar-refractivity contribution < 1.29 is 4.79 Å². The zero-order valence-electron chi connectivity index (χ0n) is 14.2. The summed E-state index contributed by atoms with van der Waals surface area (Å²) in [5.74, 6) is -0.0457. The van der Waals surface area contributed by atoms with Gasteiger partial charge in [0.2, 0.25) is 0 Å². The quantitative estimate of drug-likeness (QED) is 0.761. The number of carbonyl (C=O) groups excluding carboxylic acids is 1. The molecule has 0 radical (unpaired) electrons. The van der Waals surface area contributed by atoms with Crippen LogP contribution in [0.2, 0.25) is 0 Å². The number of nitrogens with one attached hydrogen (secondary N) is 1. The van der Waals surface area contributed by atoms with Crippen LogP contribution >= 0.6 is 27.7 Å². The SMILES string of the molecule is CCN1CCCC1CNC(=O)c1cccnc1Sc1ccc(Br)cc1. The van der Waals surface area contributed by atoms with Crippen LogP contribution in [0.4, 0.5) is 0 Å². The van der Waals surface area contributed by atoms with Crippen LogP contribution in [0.1, 0.15) is 30.1 Å². The van der Waals surface area contributed by atoms with E-state index in [1.165, 1.54) is 18.2 Å². The number of likely N-dealkylation sites (N-methyl/N-ethyl adjacent to an activating group) is 1. The van der Waals surface area contributed by atoms with Crippen molar-refractivity contribution in [2.45, 2.75) is 35.7 Å². The van der Waals surface area contributed by atoms with Crippen molar-refractivity contribution >= 4 is 33.6 Å². The summed E-state index contributed by atoms with van der Waals surface area (Å²) in [5, 5.41) is 3.84. The molecule has 3 rings (SSSR count). The zero-order valence-corrected chi connectivity index (χ0v) is 16.6. The molecule has 1 unspecified atom stereocenters. The Morgan fingerprint density at radius 2 is 2.16 bits per heavy atom. The molecule has 1 atom stereocenters. The van der Waals surface area contributed by atoms with E-state index >= 15 is 0 Å². The smallest absolute Gasteiger partial charge is 0.254 e. The van der Waals surface area contributed by atoms with Gasteiger partial charge in [0.25, 0.3) is 5.91 Å². The molecule has 2 aromatic rings. The van der Waals surface area contributed by atoms with Crippen molar-refractivity contribution in [2.75, 3.05) is 19.6 Å². The van der Waals surface area contributed by atoms with Crippen LogP contribution < -0.4 is 5.32 Å². The highest BCUT2D eigenvalue weighted by molar-refractivity contribution is 9.10. The van der Waals surface area contributed by atoms with Crippen molar-refractivity contribution in [2.24, 2.45) is 0 Å². The minimum absolute atomic E-state index is 0.0457. The van der Waals surface area contributed by atoms with Gasteiger partial charge in [-0.25, -0.2) is 4.98 Å². The maximum Gasteiger partial charge on any atom is 0.254 e. The Balaban J connectivity index is 1.67. The van der Waals surface area contributed by atoms with E-state index in [4.69, 9.17) is 0 Å². The molecule has 2 heterocycles. The van der Waals surface area contributed by atoms with E-state index in [2.05, 4.69) is 38.1 Å². The summed E-state index contributed by atoms with van der Waals surface area (Å²) in [4.78, 5) is 20.6. The monoisotopic (exact) mass is 419 g/mol. The number of halogens is 1. The van der Waals surface area contributed by atoms with Crippen LogP contribution in [0.15, 0.2) is 57.0 Å². The zero-order chi connectivity index (χ0) is 17.6. The predicted molar refractivity (Wildman–Crippen MR) is 105 cm³/mol. The van der Waals surface area contributed by atoms with Crippen LogP contribution in [-0.4, -0.2) is 41.5 Å². The Morgan fingerprint density at radius 1 is 1.36 bits per heavy atom. The molecular weight excluding hydrogens is 398 g/mol. The number of carbonyl (C=O) groups is 1. The Labute approximate surface area is 161 Å². The van der Waals surface area contributed by atoms with Gasteiger partial charge in [0, 0.05) is 28.2 Å². The summed E-state index contributed by atoms with van der Waals surface area (Å²) in [7, 11) is 0. The number of hydrogen-bond donors (Lipinski definition) is 1. The molecule has 1 aliphatic rings. The maximum absolute atomic E-state index is 12.7. The number of rotatable bonds is 6. The Kier molecular flexibility index (Phi) is 6.51. The number of benzene rings is 1. The van der Waals surface area contributed by atoms with Gasteiger partial charge in [-0.1, -0.05) is 34.6 Å². The third-order valence-corrected chi connectivity index (χ3v) is 6.00. The van der Waals surface area contributed by atoms with Gasteiger partial charge in [0.1, 0.15) is 5.03 Å². The van der Waals surface area contributed by atoms with Crippen LogP contribution in [0.25, 0.3) is 0 Å². The Morgan fingerprint density at radius 3 is 2.92 bits per heavy atom. The minimum Gasteiger partial charge on any atom is -0.350 e. The molecule has 6 heteroatoms. The van der Waals surface area contributed by atoms with E-state index in [1.807, 2.05) is 36.4 Å². The standard InChI is InChI=1S/C19H22BrN3OS/c1-2-23-12-4-5-15(23)13-22-18(24)17-6-3-11-21-19(17)25-16-9-7-14(20)8-10-16/h3,6-11,15H,2,4-5,12-13H2,1H3,(H,22,24). The topological polar surface area (TPSA) is 45.2 Å². The van der Waals surface area contributed by atoms with Gasteiger partial charge in [0.05, 0.1) is 5.56 Å². The van der Waals surface area contributed by atoms with Crippen molar-refractivity contribution in [3.8, 4) is 0 Å². The van der Waals surface area contributed by atoms with E-state index in [0.29, 0.717) is 18.2 Å². The van der Waals surface area contributed by atoms with Crippen LogP contribution in [0.5, 0.6) is 0 Å². The van der Waals surface area contributed by atoms with Crippen LogP contribution in [-0.2, 0) is 0 Å². The van der Waals surface area contributed by atoms with Crippen molar-refractivity contribution in [1.29, 1.82) is 0 Å². The molecule has 1 N–H and O–H groups in total. The molecule has 4 nitrogen and oxygen atoms in total. The average Bonchev–Trinajstić information content (AvgIpc) is 3.09. The molecule has 0 saturated carbocycles. The van der Waals surface area contributed by atoms with E-state index in [1.54, 1.807) is 6.20 Å². The second-order valence-corrected chi connectivity index (χ2v) is 8.02. The summed E-state index contributed by atoms with van der Waals surface area (Å²) in [5.41, 5.74) is 0.636. The van der Waals surface area contributed by atoms with Gasteiger partial charge in [-0.2, -0.15) is 0 Å². The van der Waals surface area contributed by atoms with Crippen molar-refractivity contribution in [3.63, 3.8) is 0 Å². The molecule has 0 aliphatic carbocycles. The van der Waals surface area contributed by atoms with E-state index < -0.39 is 0 Å². The van der Waals surface area contributed by atoms with Gasteiger partial charge in [-0.3, -0.25) is 9.69 Å². The first-order valence-electron chi connectivity index (χ1n) is 8.58. The number of pyridine rings is 1. The predicted octanol–water partition coefficient (Wildman–Crippen LogP) is 4.21. The summed E-state index contributed by atoms with van der Waals surface area (Å²) in [6.07, 6.45) is 4.10. The second-order valence-electron chi connectivity index (χ2n) is 6.05. The van der Waals surface area contributed by atoms with Gasteiger partial charge >= 0.3 is 0 Å². The number of nitrogens with zero attached hydrogens (tertiary/aromatic N) is 2. The number of amides is 1. The lowest BCUT2D eigenvalue weighted by Crippen LogP contribution is -2.40. The molecule has 1 aromatic heterocycles. The fourth-order valence-corrected chi connectivity index (χ4v) is 4.25. The highest BCUT2D eigenvalue weighted by Gasteiger charge is 2.24. The fourth-order valence-electron chi connectivity index (χ4n) is 3.11. The van der Waals surface area contributed by atoms with Crippen molar-refractivity contribution in [1.82, 2.24) is 15.2 Å². The molecule has 0 spiro atoms. The molecule has 0 bridgehead atoms. The summed E-state index contributed by atoms with van der Waals surface area (Å²) >= 11 is 4.95. The van der Waals surface area contributed by atoms with Gasteiger partial charge in [-0.05, 0) is 62.3 Å². The summed E-state index contributed by atoms with van der Waals surface area (Å²) < 4.78 is 1.04. The molecule has 25 heavy (non-hydrogen) atoms. The normalized spacial score (nSPS) is 17.6. The van der Waals surface area contributed by atoms with Gasteiger partial charge in [0.15, 0.2) is 0 Å². The molecule has 1 amide bonds. The summed E-state index contributed by atoms with van der Waals surface area (Å²) in [6.45, 7) is 5.05. The van der Waals surface area contributed by atoms with Gasteiger partial charge < -0.3 is 5.32 Å². The molecular formula is C19H22BrN3OS. The third-order valence-electron chi connectivity index (χ3n) is 4.45. The first-order chi connectivity index (χ1) is 12.2. The third kappa shape index (κ3) is 4.84. The lowest BCUT2D eigenvalue weighted by Gasteiger charge is -2.23. The first kappa shape index (κ1) is 18.4.